The number of hydrogen-bond donors (Lipinski definition) is 1. The van der Waals surface area contributed by atoms with Crippen LogP contribution in [0, 0.1) is 4.78 Å². The van der Waals surface area contributed by atoms with Crippen molar-refractivity contribution < 1.29 is 4.21 Å². The second-order valence-corrected chi connectivity index (χ2v) is 7.44. The van der Waals surface area contributed by atoms with Crippen LogP contribution in [0.1, 0.15) is 38.7 Å². The van der Waals surface area contributed by atoms with Gasteiger partial charge < -0.3 is 0 Å². The molecule has 1 aromatic rings. The molecule has 0 aromatic carbocycles. The number of aromatic nitrogens is 2. The summed E-state index contributed by atoms with van der Waals surface area (Å²) in [5, 5.41) is 0. The van der Waals surface area contributed by atoms with Crippen LogP contribution >= 0.6 is 0 Å². The van der Waals surface area contributed by atoms with Crippen molar-refractivity contribution in [1.82, 2.24) is 9.97 Å². The zero-order valence-electron chi connectivity index (χ0n) is 9.91. The van der Waals surface area contributed by atoms with Gasteiger partial charge in [0.1, 0.15) is 5.82 Å². The quantitative estimate of drug-likeness (QED) is 0.754. The molecular weight excluding hydrogens is 222 g/mol. The Kier molecular flexibility index (Phi) is 2.53. The Hall–Kier alpha value is -0.970. The van der Waals surface area contributed by atoms with Crippen molar-refractivity contribution in [1.29, 1.82) is 4.78 Å². The molecule has 1 atom stereocenters. The molecule has 0 aliphatic carbocycles. The van der Waals surface area contributed by atoms with Crippen LogP contribution in [0.2, 0.25) is 0 Å². The maximum Gasteiger partial charge on any atom is 0.133 e. The highest BCUT2D eigenvalue weighted by Crippen LogP contribution is 2.26. The maximum absolute atomic E-state index is 12.0. The summed E-state index contributed by atoms with van der Waals surface area (Å²) in [7, 11) is -2.63. The van der Waals surface area contributed by atoms with E-state index in [9.17, 15) is 4.21 Å². The average Bonchev–Trinajstić information content (AvgIpc) is 2.15. The normalized spacial score (nSPS) is 25.2. The Morgan fingerprint density at radius 1 is 1.44 bits per heavy atom. The standard InChI is InChI=1S/C11H17N3OS/c1-11(2,3)10-13-7-9-8(14-10)5-4-6-16(9,12)15/h7,12H,4-6H2,1-3H3/t16-/m0/s1. The zero-order valence-corrected chi connectivity index (χ0v) is 10.7. The van der Waals surface area contributed by atoms with E-state index in [-0.39, 0.29) is 5.41 Å². The van der Waals surface area contributed by atoms with Crippen LogP contribution < -0.4 is 0 Å². The van der Waals surface area contributed by atoms with Crippen LogP contribution in [0.25, 0.3) is 0 Å². The van der Waals surface area contributed by atoms with Crippen LogP contribution in [-0.2, 0) is 21.6 Å². The van der Waals surface area contributed by atoms with Crippen LogP contribution in [0.4, 0.5) is 0 Å². The highest BCUT2D eigenvalue weighted by molar-refractivity contribution is 7.92. The fourth-order valence-corrected chi connectivity index (χ4v) is 3.30. The third kappa shape index (κ3) is 1.96. The van der Waals surface area contributed by atoms with Crippen molar-refractivity contribution in [3.05, 3.63) is 17.7 Å². The van der Waals surface area contributed by atoms with Gasteiger partial charge in [0.25, 0.3) is 0 Å². The van der Waals surface area contributed by atoms with E-state index in [4.69, 9.17) is 4.78 Å². The summed E-state index contributed by atoms with van der Waals surface area (Å²) in [4.78, 5) is 9.27. The van der Waals surface area contributed by atoms with Gasteiger partial charge in [0.2, 0.25) is 0 Å². The topological polar surface area (TPSA) is 66.7 Å². The number of aryl methyl sites for hydroxylation is 1. The Balaban J connectivity index is 2.57. The molecule has 0 amide bonds. The molecule has 0 unspecified atom stereocenters. The van der Waals surface area contributed by atoms with Crippen molar-refractivity contribution in [2.75, 3.05) is 5.75 Å². The van der Waals surface area contributed by atoms with Gasteiger partial charge in [-0.2, -0.15) is 0 Å². The molecule has 0 bridgehead atoms. The predicted octanol–water partition coefficient (Wildman–Crippen LogP) is 2.13. The minimum absolute atomic E-state index is 0.102. The lowest BCUT2D eigenvalue weighted by Crippen LogP contribution is -2.22. The predicted molar refractivity (Wildman–Crippen MR) is 63.0 cm³/mol. The Morgan fingerprint density at radius 2 is 2.12 bits per heavy atom. The summed E-state index contributed by atoms with van der Waals surface area (Å²) in [6.45, 7) is 6.15. The fourth-order valence-electron chi connectivity index (χ4n) is 1.77. The number of rotatable bonds is 0. The lowest BCUT2D eigenvalue weighted by atomic mass is 9.95. The molecule has 0 fully saturated rings. The van der Waals surface area contributed by atoms with Crippen LogP contribution in [0.15, 0.2) is 11.1 Å². The first-order chi connectivity index (χ1) is 7.31. The minimum Gasteiger partial charge on any atom is -0.249 e. The van der Waals surface area contributed by atoms with Crippen molar-refractivity contribution in [2.24, 2.45) is 0 Å². The Bertz CT molecular complexity index is 515. The molecule has 1 aromatic heterocycles. The van der Waals surface area contributed by atoms with Crippen molar-refractivity contribution in [3.63, 3.8) is 0 Å². The summed E-state index contributed by atoms with van der Waals surface area (Å²) >= 11 is 0. The van der Waals surface area contributed by atoms with E-state index >= 15 is 0 Å². The van der Waals surface area contributed by atoms with Gasteiger partial charge in [-0.25, -0.2) is 19.0 Å². The summed E-state index contributed by atoms with van der Waals surface area (Å²) in [6, 6.07) is 0. The van der Waals surface area contributed by atoms with E-state index in [0.29, 0.717) is 10.6 Å². The molecule has 16 heavy (non-hydrogen) atoms. The molecule has 2 heterocycles. The van der Waals surface area contributed by atoms with Gasteiger partial charge in [0, 0.05) is 17.4 Å². The maximum atomic E-state index is 12.0. The van der Waals surface area contributed by atoms with Crippen molar-refractivity contribution >= 4 is 9.73 Å². The van der Waals surface area contributed by atoms with Crippen LogP contribution in [-0.4, -0.2) is 19.9 Å². The van der Waals surface area contributed by atoms with Gasteiger partial charge in [0.05, 0.1) is 20.3 Å². The Labute approximate surface area is 96.5 Å². The van der Waals surface area contributed by atoms with Crippen molar-refractivity contribution in [3.8, 4) is 0 Å². The monoisotopic (exact) mass is 239 g/mol. The lowest BCUT2D eigenvalue weighted by molar-refractivity contribution is 0.535. The number of fused-ring (bicyclic) bond motifs is 1. The highest BCUT2D eigenvalue weighted by Gasteiger charge is 2.25. The molecule has 0 saturated carbocycles. The minimum atomic E-state index is -2.63. The summed E-state index contributed by atoms with van der Waals surface area (Å²) in [6.07, 6.45) is 3.20. The van der Waals surface area contributed by atoms with Gasteiger partial charge in [-0.1, -0.05) is 20.8 Å². The first-order valence-corrected chi connectivity index (χ1v) is 7.16. The third-order valence-corrected chi connectivity index (χ3v) is 4.62. The van der Waals surface area contributed by atoms with E-state index in [1.807, 2.05) is 0 Å². The lowest BCUT2D eigenvalue weighted by Gasteiger charge is -2.21. The average molecular weight is 239 g/mol. The molecule has 88 valence electrons. The SMILES string of the molecule is CC(C)(C)c1ncc2c(n1)CCC[S@]2(=N)=O. The molecule has 2 rings (SSSR count). The molecule has 4 nitrogen and oxygen atoms in total. The summed E-state index contributed by atoms with van der Waals surface area (Å²) in [5.74, 6) is 1.21. The van der Waals surface area contributed by atoms with E-state index in [1.54, 1.807) is 6.20 Å². The first kappa shape index (κ1) is 11.5. The second kappa shape index (κ2) is 3.52. The van der Waals surface area contributed by atoms with Gasteiger partial charge in [-0.05, 0) is 12.8 Å². The smallest absolute Gasteiger partial charge is 0.133 e. The van der Waals surface area contributed by atoms with Gasteiger partial charge in [0.15, 0.2) is 0 Å². The number of hydrogen-bond acceptors (Lipinski definition) is 4. The fraction of sp³-hybridized carbons (Fsp3) is 0.636. The summed E-state index contributed by atoms with van der Waals surface area (Å²) < 4.78 is 19.8. The molecule has 0 saturated heterocycles. The van der Waals surface area contributed by atoms with Crippen LogP contribution in [0.3, 0.4) is 0 Å². The molecular formula is C11H17N3OS. The largest absolute Gasteiger partial charge is 0.249 e. The second-order valence-electron chi connectivity index (χ2n) is 5.24. The zero-order chi connectivity index (χ0) is 12.0. The molecule has 1 aliphatic rings. The highest BCUT2D eigenvalue weighted by atomic mass is 32.2. The summed E-state index contributed by atoms with van der Waals surface area (Å²) in [5.41, 5.74) is 0.709. The van der Waals surface area contributed by atoms with E-state index < -0.39 is 9.73 Å². The molecule has 0 spiro atoms. The van der Waals surface area contributed by atoms with E-state index in [0.717, 1.165) is 24.4 Å². The molecule has 0 radical (unpaired) electrons. The van der Waals surface area contributed by atoms with Gasteiger partial charge in [-0.15, -0.1) is 0 Å². The van der Waals surface area contributed by atoms with E-state index in [2.05, 4.69) is 30.7 Å². The number of nitrogens with zero attached hydrogens (tertiary/aromatic N) is 2. The van der Waals surface area contributed by atoms with E-state index in [1.165, 1.54) is 0 Å². The van der Waals surface area contributed by atoms with Gasteiger partial charge >= 0.3 is 0 Å². The third-order valence-electron chi connectivity index (χ3n) is 2.70. The molecule has 1 N–H and O–H groups in total. The van der Waals surface area contributed by atoms with Crippen LogP contribution in [0.5, 0.6) is 0 Å². The Morgan fingerprint density at radius 3 is 2.75 bits per heavy atom. The molecule has 5 heteroatoms. The van der Waals surface area contributed by atoms with Crippen molar-refractivity contribution in [2.45, 2.75) is 43.9 Å². The molecule has 1 aliphatic heterocycles. The first-order valence-electron chi connectivity index (χ1n) is 5.43. The van der Waals surface area contributed by atoms with Gasteiger partial charge in [-0.3, -0.25) is 0 Å². The number of nitrogens with one attached hydrogen (secondary N) is 1.